The predicted octanol–water partition coefficient (Wildman–Crippen LogP) is 1.60. The van der Waals surface area contributed by atoms with E-state index in [1.807, 2.05) is 0 Å². The van der Waals surface area contributed by atoms with Crippen LogP contribution in [0.25, 0.3) is 0 Å². The first kappa shape index (κ1) is 12.4. The second-order valence-corrected chi connectivity index (χ2v) is 4.07. The highest BCUT2D eigenvalue weighted by Gasteiger charge is 2.37. The Morgan fingerprint density at radius 2 is 2.22 bits per heavy atom. The average molecular weight is 266 g/mol. The first-order valence-corrected chi connectivity index (χ1v) is 5.41. The normalized spacial score (nSPS) is 17.8. The summed E-state index contributed by atoms with van der Waals surface area (Å²) >= 11 is 5.78. The van der Waals surface area contributed by atoms with Gasteiger partial charge in [-0.3, -0.25) is 14.4 Å². The molecule has 0 aromatic heterocycles. The molecule has 0 radical (unpaired) electrons. The summed E-state index contributed by atoms with van der Waals surface area (Å²) in [5, 5.41) is 0.395. The summed E-state index contributed by atoms with van der Waals surface area (Å²) < 4.78 is 4.51. The minimum absolute atomic E-state index is 0.165. The molecule has 5 nitrogen and oxygen atoms in total. The van der Waals surface area contributed by atoms with Gasteiger partial charge in [0.1, 0.15) is 5.71 Å². The largest absolute Gasteiger partial charge is 0.468 e. The van der Waals surface area contributed by atoms with E-state index in [4.69, 9.17) is 11.6 Å². The van der Waals surface area contributed by atoms with Gasteiger partial charge in [-0.1, -0.05) is 11.6 Å². The Balaban J connectivity index is 2.59. The molecule has 1 heterocycles. The summed E-state index contributed by atoms with van der Waals surface area (Å²) in [7, 11) is 1.15. The maximum atomic E-state index is 12.1. The lowest BCUT2D eigenvalue weighted by Gasteiger charge is -2.18. The number of carbonyl (C=O) groups is 3. The SMILES string of the molecule is COC(=O)C1C(=O)c2ccc(Cl)cc2N=C1C=O. The Kier molecular flexibility index (Phi) is 3.25. The zero-order valence-electron chi connectivity index (χ0n) is 9.34. The molecule has 92 valence electrons. The molecule has 0 N–H and O–H groups in total. The topological polar surface area (TPSA) is 72.8 Å². The average Bonchev–Trinajstić information content (AvgIpc) is 2.37. The summed E-state index contributed by atoms with van der Waals surface area (Å²) in [6.07, 6.45) is 0.378. The van der Waals surface area contributed by atoms with E-state index in [-0.39, 0.29) is 17.0 Å². The van der Waals surface area contributed by atoms with Crippen LogP contribution in [0.4, 0.5) is 5.69 Å². The van der Waals surface area contributed by atoms with E-state index in [2.05, 4.69) is 9.73 Å². The fourth-order valence-corrected chi connectivity index (χ4v) is 1.91. The van der Waals surface area contributed by atoms with Crippen LogP contribution in [0.5, 0.6) is 0 Å². The summed E-state index contributed by atoms with van der Waals surface area (Å²) in [6.45, 7) is 0. The van der Waals surface area contributed by atoms with E-state index in [9.17, 15) is 14.4 Å². The van der Waals surface area contributed by atoms with Crippen molar-refractivity contribution in [1.82, 2.24) is 0 Å². The number of aldehydes is 1. The summed E-state index contributed by atoms with van der Waals surface area (Å²) in [4.78, 5) is 38.5. The number of hydrogen-bond donors (Lipinski definition) is 0. The minimum Gasteiger partial charge on any atom is -0.468 e. The number of fused-ring (bicyclic) bond motifs is 1. The highest BCUT2D eigenvalue weighted by molar-refractivity contribution is 6.44. The van der Waals surface area contributed by atoms with Gasteiger partial charge in [0.15, 0.2) is 18.0 Å². The van der Waals surface area contributed by atoms with Crippen LogP contribution in [0.3, 0.4) is 0 Å². The molecule has 0 spiro atoms. The summed E-state index contributed by atoms with van der Waals surface area (Å²) in [6, 6.07) is 4.46. The number of halogens is 1. The maximum absolute atomic E-state index is 12.1. The van der Waals surface area contributed by atoms with Crippen molar-refractivity contribution in [3.63, 3.8) is 0 Å². The zero-order valence-corrected chi connectivity index (χ0v) is 10.1. The number of carbonyl (C=O) groups excluding carboxylic acids is 3. The van der Waals surface area contributed by atoms with Crippen LogP contribution in [0.1, 0.15) is 10.4 Å². The van der Waals surface area contributed by atoms with Crippen LogP contribution >= 0.6 is 11.6 Å². The van der Waals surface area contributed by atoms with Gasteiger partial charge in [-0.05, 0) is 18.2 Å². The van der Waals surface area contributed by atoms with Crippen molar-refractivity contribution in [1.29, 1.82) is 0 Å². The quantitative estimate of drug-likeness (QED) is 0.462. The zero-order chi connectivity index (χ0) is 13.3. The van der Waals surface area contributed by atoms with Crippen molar-refractivity contribution in [3.8, 4) is 0 Å². The fourth-order valence-electron chi connectivity index (χ4n) is 1.74. The highest BCUT2D eigenvalue weighted by atomic mass is 35.5. The van der Waals surface area contributed by atoms with Crippen molar-refractivity contribution in [2.45, 2.75) is 0 Å². The maximum Gasteiger partial charge on any atom is 0.322 e. The van der Waals surface area contributed by atoms with Crippen LogP contribution in [-0.2, 0) is 14.3 Å². The number of esters is 1. The Hall–Kier alpha value is -2.01. The van der Waals surface area contributed by atoms with Crippen LogP contribution in [0.2, 0.25) is 5.02 Å². The lowest BCUT2D eigenvalue weighted by Crippen LogP contribution is -2.35. The van der Waals surface area contributed by atoms with Gasteiger partial charge in [0.05, 0.1) is 12.8 Å². The molecule has 1 unspecified atom stereocenters. The van der Waals surface area contributed by atoms with Crippen molar-refractivity contribution in [2.75, 3.05) is 7.11 Å². The lowest BCUT2D eigenvalue weighted by molar-refractivity contribution is -0.141. The van der Waals surface area contributed by atoms with Crippen LogP contribution < -0.4 is 0 Å². The molecule has 18 heavy (non-hydrogen) atoms. The lowest BCUT2D eigenvalue weighted by atomic mass is 9.90. The van der Waals surface area contributed by atoms with Gasteiger partial charge in [0, 0.05) is 10.6 Å². The van der Waals surface area contributed by atoms with Crippen molar-refractivity contribution in [2.24, 2.45) is 10.9 Å². The third kappa shape index (κ3) is 1.93. The second kappa shape index (κ2) is 4.70. The van der Waals surface area contributed by atoms with Gasteiger partial charge in [-0.25, -0.2) is 4.99 Å². The molecule has 1 atom stereocenters. The number of benzene rings is 1. The highest BCUT2D eigenvalue weighted by Crippen LogP contribution is 2.31. The Morgan fingerprint density at radius 1 is 1.50 bits per heavy atom. The number of Topliss-reactive ketones (excluding diaryl/α,β-unsaturated/α-hetero) is 1. The third-order valence-corrected chi connectivity index (χ3v) is 2.83. The molecule has 0 saturated heterocycles. The molecular weight excluding hydrogens is 258 g/mol. The number of rotatable bonds is 2. The second-order valence-electron chi connectivity index (χ2n) is 3.64. The van der Waals surface area contributed by atoms with Gasteiger partial charge in [-0.15, -0.1) is 0 Å². The van der Waals surface area contributed by atoms with Crippen molar-refractivity contribution >= 4 is 41.0 Å². The van der Waals surface area contributed by atoms with E-state index in [1.54, 1.807) is 0 Å². The molecule has 0 fully saturated rings. The summed E-state index contributed by atoms with van der Waals surface area (Å²) in [5.41, 5.74) is 0.372. The van der Waals surface area contributed by atoms with Gasteiger partial charge in [0.2, 0.25) is 0 Å². The number of nitrogens with zero attached hydrogens (tertiary/aromatic N) is 1. The van der Waals surface area contributed by atoms with Crippen LogP contribution in [0, 0.1) is 5.92 Å². The molecule has 1 aromatic rings. The first-order chi connectivity index (χ1) is 8.58. The van der Waals surface area contributed by atoms with E-state index in [1.165, 1.54) is 18.2 Å². The van der Waals surface area contributed by atoms with E-state index in [0.29, 0.717) is 11.3 Å². The molecule has 6 heteroatoms. The predicted molar refractivity (Wildman–Crippen MR) is 64.4 cm³/mol. The Morgan fingerprint density at radius 3 is 2.83 bits per heavy atom. The first-order valence-electron chi connectivity index (χ1n) is 5.04. The number of methoxy groups -OCH3 is 1. The molecule has 0 saturated carbocycles. The van der Waals surface area contributed by atoms with Gasteiger partial charge in [-0.2, -0.15) is 0 Å². The van der Waals surface area contributed by atoms with Crippen LogP contribution in [0.15, 0.2) is 23.2 Å². The van der Waals surface area contributed by atoms with Gasteiger partial charge >= 0.3 is 5.97 Å². The monoisotopic (exact) mass is 265 g/mol. The standard InChI is InChI=1S/C12H8ClNO4/c1-18-12(17)10-9(5-15)14-8-4-6(13)2-3-7(8)11(10)16/h2-5,10H,1H3. The molecule has 0 aliphatic carbocycles. The number of ketones is 1. The van der Waals surface area contributed by atoms with Crippen molar-refractivity contribution < 1.29 is 19.1 Å². The molecule has 1 aliphatic heterocycles. The molecule has 0 amide bonds. The Bertz CT molecular complexity index is 579. The summed E-state index contributed by atoms with van der Waals surface area (Å²) in [5.74, 6) is -2.60. The van der Waals surface area contributed by atoms with E-state index in [0.717, 1.165) is 7.11 Å². The molecular formula is C12H8ClNO4. The number of ether oxygens (including phenoxy) is 1. The molecule has 1 aromatic carbocycles. The molecule has 2 rings (SSSR count). The van der Waals surface area contributed by atoms with Crippen LogP contribution in [-0.4, -0.2) is 30.9 Å². The van der Waals surface area contributed by atoms with Gasteiger partial charge in [0.25, 0.3) is 0 Å². The van der Waals surface area contributed by atoms with Gasteiger partial charge < -0.3 is 4.74 Å². The number of aliphatic imine (C=N–C) groups is 1. The van der Waals surface area contributed by atoms with E-state index >= 15 is 0 Å². The van der Waals surface area contributed by atoms with E-state index < -0.39 is 17.7 Å². The molecule has 1 aliphatic rings. The third-order valence-electron chi connectivity index (χ3n) is 2.59. The Labute approximate surface area is 107 Å². The number of hydrogen-bond acceptors (Lipinski definition) is 5. The fraction of sp³-hybridized carbons (Fsp3) is 0.167. The van der Waals surface area contributed by atoms with Crippen molar-refractivity contribution in [3.05, 3.63) is 28.8 Å². The smallest absolute Gasteiger partial charge is 0.322 e. The minimum atomic E-state index is -1.29. The molecule has 0 bridgehead atoms.